The van der Waals surface area contributed by atoms with Crippen LogP contribution in [0.3, 0.4) is 0 Å². The zero-order valence-corrected chi connectivity index (χ0v) is 13.9. The Hall–Kier alpha value is -1.46. The molecule has 0 saturated carbocycles. The Balaban J connectivity index is 1.75. The van der Waals surface area contributed by atoms with E-state index < -0.39 is 0 Å². The Bertz CT molecular complexity index is 662. The van der Waals surface area contributed by atoms with Crippen molar-refractivity contribution >= 4 is 11.2 Å². The van der Waals surface area contributed by atoms with Crippen LogP contribution in [-0.2, 0) is 4.74 Å². The smallest absolute Gasteiger partial charge is 0.162 e. The van der Waals surface area contributed by atoms with E-state index in [1.807, 2.05) is 12.3 Å². The van der Waals surface area contributed by atoms with Crippen LogP contribution in [0.5, 0.6) is 0 Å². The number of ether oxygens (including phenoxy) is 1. The molecule has 2 saturated heterocycles. The molecule has 2 atom stereocenters. The minimum atomic E-state index is 0.107. The lowest BCUT2D eigenvalue weighted by atomic mass is 9.97. The highest BCUT2D eigenvalue weighted by Gasteiger charge is 2.29. The second-order valence-corrected chi connectivity index (χ2v) is 6.74. The van der Waals surface area contributed by atoms with Gasteiger partial charge < -0.3 is 9.64 Å². The van der Waals surface area contributed by atoms with E-state index >= 15 is 0 Å². The maximum absolute atomic E-state index is 6.08. The molecular formula is C18H26N4O. The first-order valence-corrected chi connectivity index (χ1v) is 9.03. The van der Waals surface area contributed by atoms with E-state index in [9.17, 15) is 0 Å². The summed E-state index contributed by atoms with van der Waals surface area (Å²) in [5.41, 5.74) is 1.99. The fourth-order valence-electron chi connectivity index (χ4n) is 4.00. The van der Waals surface area contributed by atoms with Gasteiger partial charge in [0.15, 0.2) is 5.65 Å². The van der Waals surface area contributed by atoms with Crippen LogP contribution in [0.2, 0.25) is 0 Å². The Morgan fingerprint density at radius 3 is 3.04 bits per heavy atom. The SMILES string of the molecule is CCN1CCCC(c2nc3cccnc3n2C2CCCCO2)C1. The number of hydrogen-bond donors (Lipinski definition) is 0. The summed E-state index contributed by atoms with van der Waals surface area (Å²) in [7, 11) is 0. The molecule has 0 N–H and O–H groups in total. The molecule has 2 aromatic rings. The van der Waals surface area contributed by atoms with E-state index in [1.54, 1.807) is 0 Å². The number of pyridine rings is 1. The summed E-state index contributed by atoms with van der Waals surface area (Å²) >= 11 is 0. The quantitative estimate of drug-likeness (QED) is 0.871. The number of nitrogens with zero attached hydrogens (tertiary/aromatic N) is 4. The first kappa shape index (κ1) is 15.1. The van der Waals surface area contributed by atoms with Crippen molar-refractivity contribution in [3.8, 4) is 0 Å². The molecule has 2 aromatic heterocycles. The molecule has 5 nitrogen and oxygen atoms in total. The van der Waals surface area contributed by atoms with Crippen LogP contribution in [0.25, 0.3) is 11.2 Å². The van der Waals surface area contributed by atoms with Crippen LogP contribution < -0.4 is 0 Å². The molecular weight excluding hydrogens is 288 g/mol. The predicted molar refractivity (Wildman–Crippen MR) is 90.5 cm³/mol. The summed E-state index contributed by atoms with van der Waals surface area (Å²) in [6.07, 6.45) is 7.90. The third kappa shape index (κ3) is 2.88. The monoisotopic (exact) mass is 314 g/mol. The fourth-order valence-corrected chi connectivity index (χ4v) is 4.00. The van der Waals surface area contributed by atoms with Crippen LogP contribution in [0, 0.1) is 0 Å². The number of likely N-dealkylation sites (tertiary alicyclic amines) is 1. The van der Waals surface area contributed by atoms with E-state index in [2.05, 4.69) is 27.4 Å². The average Bonchev–Trinajstić information content (AvgIpc) is 3.02. The van der Waals surface area contributed by atoms with Gasteiger partial charge in [-0.05, 0) is 57.3 Å². The maximum atomic E-state index is 6.08. The van der Waals surface area contributed by atoms with Gasteiger partial charge in [-0.2, -0.15) is 0 Å². The lowest BCUT2D eigenvalue weighted by Crippen LogP contribution is -2.35. The second-order valence-electron chi connectivity index (χ2n) is 6.74. The molecule has 2 unspecified atom stereocenters. The van der Waals surface area contributed by atoms with Crippen molar-refractivity contribution in [1.82, 2.24) is 19.4 Å². The van der Waals surface area contributed by atoms with Gasteiger partial charge in [0.2, 0.25) is 0 Å². The van der Waals surface area contributed by atoms with Gasteiger partial charge in [-0.3, -0.25) is 4.57 Å². The zero-order chi connectivity index (χ0) is 15.6. The highest BCUT2D eigenvalue weighted by atomic mass is 16.5. The number of aromatic nitrogens is 3. The predicted octanol–water partition coefficient (Wildman–Crippen LogP) is 3.33. The third-order valence-electron chi connectivity index (χ3n) is 5.24. The second kappa shape index (κ2) is 6.57. The third-order valence-corrected chi connectivity index (χ3v) is 5.24. The van der Waals surface area contributed by atoms with Gasteiger partial charge in [0, 0.05) is 25.3 Å². The normalized spacial score (nSPS) is 26.7. The molecule has 2 aliphatic heterocycles. The minimum Gasteiger partial charge on any atom is -0.358 e. The van der Waals surface area contributed by atoms with Crippen molar-refractivity contribution in [2.45, 2.75) is 51.2 Å². The van der Waals surface area contributed by atoms with E-state index in [-0.39, 0.29) is 6.23 Å². The van der Waals surface area contributed by atoms with Gasteiger partial charge in [0.25, 0.3) is 0 Å². The van der Waals surface area contributed by atoms with E-state index in [0.717, 1.165) is 37.3 Å². The highest BCUT2D eigenvalue weighted by molar-refractivity contribution is 5.71. The Morgan fingerprint density at radius 1 is 1.26 bits per heavy atom. The lowest BCUT2D eigenvalue weighted by molar-refractivity contribution is -0.0324. The summed E-state index contributed by atoms with van der Waals surface area (Å²) in [4.78, 5) is 12.1. The molecule has 0 amide bonds. The van der Waals surface area contributed by atoms with Gasteiger partial charge in [-0.25, -0.2) is 9.97 Å². The Morgan fingerprint density at radius 2 is 2.22 bits per heavy atom. The number of piperidine rings is 1. The standard InChI is InChI=1S/C18H26N4O/c1-2-21-11-6-7-14(13-21)17-20-15-8-5-10-19-18(15)22(17)16-9-3-4-12-23-16/h5,8,10,14,16H,2-4,6-7,9,11-13H2,1H3. The zero-order valence-electron chi connectivity index (χ0n) is 13.9. The Labute approximate surface area is 137 Å². The van der Waals surface area contributed by atoms with Crippen LogP contribution in [-0.4, -0.2) is 45.7 Å². The van der Waals surface area contributed by atoms with Crippen molar-refractivity contribution in [2.24, 2.45) is 0 Å². The molecule has 4 heterocycles. The molecule has 0 aromatic carbocycles. The number of fused-ring (bicyclic) bond motifs is 1. The van der Waals surface area contributed by atoms with Crippen molar-refractivity contribution < 1.29 is 4.74 Å². The minimum absolute atomic E-state index is 0.107. The number of imidazole rings is 1. The van der Waals surface area contributed by atoms with E-state index in [1.165, 1.54) is 38.1 Å². The molecule has 0 bridgehead atoms. The van der Waals surface area contributed by atoms with Gasteiger partial charge >= 0.3 is 0 Å². The molecule has 0 spiro atoms. The summed E-state index contributed by atoms with van der Waals surface area (Å²) < 4.78 is 8.39. The van der Waals surface area contributed by atoms with E-state index in [0.29, 0.717) is 5.92 Å². The number of likely N-dealkylation sites (N-methyl/N-ethyl adjacent to an activating group) is 1. The molecule has 0 radical (unpaired) electrons. The molecule has 23 heavy (non-hydrogen) atoms. The topological polar surface area (TPSA) is 43.2 Å². The highest BCUT2D eigenvalue weighted by Crippen LogP contribution is 2.34. The van der Waals surface area contributed by atoms with Crippen molar-refractivity contribution in [3.63, 3.8) is 0 Å². The molecule has 5 heteroatoms. The average molecular weight is 314 g/mol. The van der Waals surface area contributed by atoms with Gasteiger partial charge in [0.05, 0.1) is 0 Å². The van der Waals surface area contributed by atoms with Gasteiger partial charge in [-0.15, -0.1) is 0 Å². The van der Waals surface area contributed by atoms with Gasteiger partial charge in [0.1, 0.15) is 17.6 Å². The summed E-state index contributed by atoms with van der Waals surface area (Å²) in [6, 6.07) is 4.05. The summed E-state index contributed by atoms with van der Waals surface area (Å²) in [5, 5.41) is 0. The van der Waals surface area contributed by atoms with Crippen molar-refractivity contribution in [2.75, 3.05) is 26.2 Å². The molecule has 2 aliphatic rings. The van der Waals surface area contributed by atoms with Crippen LogP contribution in [0.1, 0.15) is 57.0 Å². The van der Waals surface area contributed by atoms with E-state index in [4.69, 9.17) is 9.72 Å². The fraction of sp³-hybridized carbons (Fsp3) is 0.667. The molecule has 2 fully saturated rings. The number of hydrogen-bond acceptors (Lipinski definition) is 4. The Kier molecular flexibility index (Phi) is 4.31. The summed E-state index contributed by atoms with van der Waals surface area (Å²) in [6.45, 7) is 6.53. The summed E-state index contributed by atoms with van der Waals surface area (Å²) in [5.74, 6) is 1.67. The first-order valence-electron chi connectivity index (χ1n) is 9.03. The van der Waals surface area contributed by atoms with Crippen molar-refractivity contribution in [3.05, 3.63) is 24.2 Å². The van der Waals surface area contributed by atoms with Crippen LogP contribution in [0.4, 0.5) is 0 Å². The first-order chi connectivity index (χ1) is 11.4. The largest absolute Gasteiger partial charge is 0.358 e. The number of rotatable bonds is 3. The van der Waals surface area contributed by atoms with Crippen LogP contribution in [0.15, 0.2) is 18.3 Å². The van der Waals surface area contributed by atoms with Crippen molar-refractivity contribution in [1.29, 1.82) is 0 Å². The lowest BCUT2D eigenvalue weighted by Gasteiger charge is -2.33. The van der Waals surface area contributed by atoms with Gasteiger partial charge in [-0.1, -0.05) is 6.92 Å². The molecule has 124 valence electrons. The molecule has 0 aliphatic carbocycles. The van der Waals surface area contributed by atoms with Crippen LogP contribution >= 0.6 is 0 Å². The molecule has 4 rings (SSSR count). The maximum Gasteiger partial charge on any atom is 0.162 e.